The second-order valence-corrected chi connectivity index (χ2v) is 8.91. The monoisotopic (exact) mass is 495 g/mol. The molecular formula is C32H24F3NO. The first kappa shape index (κ1) is 24.3. The van der Waals surface area contributed by atoms with Crippen molar-refractivity contribution in [1.82, 2.24) is 4.90 Å². The molecule has 0 atom stereocenters. The van der Waals surface area contributed by atoms with Gasteiger partial charge in [-0.3, -0.25) is 4.79 Å². The number of carbonyl (C=O) groups is 1. The lowest BCUT2D eigenvalue weighted by atomic mass is 9.97. The van der Waals surface area contributed by atoms with E-state index in [0.717, 1.165) is 34.0 Å². The Labute approximate surface area is 213 Å². The third-order valence-electron chi connectivity index (χ3n) is 6.43. The van der Waals surface area contributed by atoms with Crippen LogP contribution in [0.1, 0.15) is 27.0 Å². The zero-order valence-electron chi connectivity index (χ0n) is 20.0. The van der Waals surface area contributed by atoms with Crippen LogP contribution in [0.3, 0.4) is 0 Å². The van der Waals surface area contributed by atoms with Gasteiger partial charge >= 0.3 is 6.18 Å². The summed E-state index contributed by atoms with van der Waals surface area (Å²) in [5.41, 5.74) is 2.89. The second kappa shape index (κ2) is 10.3. The number of halogens is 3. The van der Waals surface area contributed by atoms with E-state index in [1.807, 2.05) is 72.8 Å². The van der Waals surface area contributed by atoms with E-state index in [9.17, 15) is 18.0 Å². The summed E-state index contributed by atoms with van der Waals surface area (Å²) in [4.78, 5) is 15.8. The number of hydrogen-bond donors (Lipinski definition) is 0. The molecule has 0 spiro atoms. The van der Waals surface area contributed by atoms with Gasteiger partial charge in [0.2, 0.25) is 0 Å². The summed E-state index contributed by atoms with van der Waals surface area (Å²) < 4.78 is 39.3. The number of hydrogen-bond acceptors (Lipinski definition) is 1. The zero-order chi connectivity index (χ0) is 25.8. The van der Waals surface area contributed by atoms with Crippen LogP contribution in [-0.4, -0.2) is 10.8 Å². The smallest absolute Gasteiger partial charge is 0.330 e. The highest BCUT2D eigenvalue weighted by molar-refractivity contribution is 6.01. The molecule has 5 heteroatoms. The summed E-state index contributed by atoms with van der Waals surface area (Å²) in [7, 11) is 0. The largest absolute Gasteiger partial charge is 0.416 e. The molecule has 0 bridgehead atoms. The Balaban J connectivity index is 1.54. The molecule has 184 valence electrons. The fourth-order valence-electron chi connectivity index (χ4n) is 4.57. The maximum absolute atomic E-state index is 14.1. The molecule has 5 rings (SSSR count). The van der Waals surface area contributed by atoms with Crippen molar-refractivity contribution in [2.75, 3.05) is 0 Å². The van der Waals surface area contributed by atoms with E-state index in [-0.39, 0.29) is 5.91 Å². The van der Waals surface area contributed by atoms with Crippen molar-refractivity contribution in [3.05, 3.63) is 144 Å². The van der Waals surface area contributed by atoms with Gasteiger partial charge in [0.25, 0.3) is 5.91 Å². The molecule has 0 unspecified atom stereocenters. The van der Waals surface area contributed by atoms with Crippen molar-refractivity contribution >= 4 is 16.7 Å². The maximum Gasteiger partial charge on any atom is 0.416 e. The summed E-state index contributed by atoms with van der Waals surface area (Å²) in [6.45, 7) is 0.778. The molecule has 0 aliphatic carbocycles. The minimum atomic E-state index is -4.42. The predicted octanol–water partition coefficient (Wildman–Crippen LogP) is 8.37. The summed E-state index contributed by atoms with van der Waals surface area (Å²) in [5.74, 6) is -0.188. The highest BCUT2D eigenvalue weighted by Gasteiger charge is 2.30. The number of rotatable bonds is 6. The van der Waals surface area contributed by atoms with Gasteiger partial charge in [-0.2, -0.15) is 13.2 Å². The van der Waals surface area contributed by atoms with Crippen molar-refractivity contribution in [3.63, 3.8) is 0 Å². The van der Waals surface area contributed by atoms with Crippen LogP contribution in [-0.2, 0) is 19.3 Å². The summed E-state index contributed by atoms with van der Waals surface area (Å²) >= 11 is 0. The first-order valence-corrected chi connectivity index (χ1v) is 12.0. The lowest BCUT2D eigenvalue weighted by molar-refractivity contribution is -0.137. The Morgan fingerprint density at radius 1 is 0.649 bits per heavy atom. The molecule has 0 N–H and O–H groups in total. The molecular weight excluding hydrogens is 471 g/mol. The molecule has 0 heterocycles. The molecule has 0 radical (unpaired) electrons. The highest BCUT2D eigenvalue weighted by atomic mass is 19.4. The van der Waals surface area contributed by atoms with E-state index in [1.54, 1.807) is 29.2 Å². The molecule has 0 fully saturated rings. The van der Waals surface area contributed by atoms with Gasteiger partial charge in [-0.05, 0) is 51.2 Å². The minimum absolute atomic E-state index is 0.188. The zero-order valence-corrected chi connectivity index (χ0v) is 20.0. The Morgan fingerprint density at radius 3 is 2.05 bits per heavy atom. The number of nitrogens with zero attached hydrogens (tertiary/aromatic N) is 1. The van der Waals surface area contributed by atoms with Gasteiger partial charge in [0.1, 0.15) is 0 Å². The predicted molar refractivity (Wildman–Crippen MR) is 141 cm³/mol. The first-order chi connectivity index (χ1) is 17.9. The molecule has 0 aliphatic heterocycles. The van der Waals surface area contributed by atoms with E-state index in [4.69, 9.17) is 0 Å². The Morgan fingerprint density at radius 2 is 1.30 bits per heavy atom. The maximum atomic E-state index is 14.1. The Hall–Kier alpha value is -4.38. The quantitative estimate of drug-likeness (QED) is 0.232. The first-order valence-electron chi connectivity index (χ1n) is 12.0. The molecule has 0 saturated heterocycles. The fraction of sp³-hybridized carbons (Fsp3) is 0.0938. The number of alkyl halides is 3. The van der Waals surface area contributed by atoms with E-state index >= 15 is 0 Å². The molecule has 2 nitrogen and oxygen atoms in total. The molecule has 0 aromatic heterocycles. The lowest BCUT2D eigenvalue weighted by Gasteiger charge is -2.25. The lowest BCUT2D eigenvalue weighted by Crippen LogP contribution is -2.30. The standard InChI is InChI=1S/C32H24F3NO/c33-32(34,35)27-19-17-25(18-20-27)29-15-6-7-16-30(29)31(37)36(21-23-9-2-1-3-10-23)22-26-13-8-12-24-11-4-5-14-28(24)26/h1-20H,21-22H2. The molecule has 5 aromatic rings. The van der Waals surface area contributed by atoms with Crippen LogP contribution in [0.25, 0.3) is 21.9 Å². The van der Waals surface area contributed by atoms with E-state index in [0.29, 0.717) is 29.8 Å². The average Bonchev–Trinajstić information content (AvgIpc) is 2.93. The van der Waals surface area contributed by atoms with Crippen LogP contribution in [0.15, 0.2) is 121 Å². The number of fused-ring (bicyclic) bond motifs is 1. The van der Waals surface area contributed by atoms with Gasteiger partial charge in [0, 0.05) is 18.7 Å². The topological polar surface area (TPSA) is 20.3 Å². The van der Waals surface area contributed by atoms with Crippen LogP contribution in [0.2, 0.25) is 0 Å². The summed E-state index contributed by atoms with van der Waals surface area (Å²) in [6.07, 6.45) is -4.42. The van der Waals surface area contributed by atoms with Crippen LogP contribution in [0.4, 0.5) is 13.2 Å². The van der Waals surface area contributed by atoms with E-state index in [2.05, 4.69) is 0 Å². The van der Waals surface area contributed by atoms with Crippen molar-refractivity contribution < 1.29 is 18.0 Å². The third-order valence-corrected chi connectivity index (χ3v) is 6.43. The van der Waals surface area contributed by atoms with Crippen molar-refractivity contribution in [2.45, 2.75) is 19.3 Å². The van der Waals surface area contributed by atoms with Crippen LogP contribution < -0.4 is 0 Å². The minimum Gasteiger partial charge on any atom is -0.330 e. The molecule has 0 saturated carbocycles. The van der Waals surface area contributed by atoms with E-state index in [1.165, 1.54) is 12.1 Å². The fourth-order valence-corrected chi connectivity index (χ4v) is 4.57. The second-order valence-electron chi connectivity index (χ2n) is 8.91. The molecule has 37 heavy (non-hydrogen) atoms. The molecule has 0 aliphatic rings. The molecule has 1 amide bonds. The average molecular weight is 496 g/mol. The van der Waals surface area contributed by atoms with Gasteiger partial charge in [-0.15, -0.1) is 0 Å². The Bertz CT molecular complexity index is 1520. The SMILES string of the molecule is O=C(c1ccccc1-c1ccc(C(F)(F)F)cc1)N(Cc1ccccc1)Cc1cccc2ccccc12. The third kappa shape index (κ3) is 5.41. The van der Waals surface area contributed by atoms with Crippen LogP contribution >= 0.6 is 0 Å². The van der Waals surface area contributed by atoms with Gasteiger partial charge in [-0.1, -0.05) is 103 Å². The van der Waals surface area contributed by atoms with Crippen molar-refractivity contribution in [3.8, 4) is 11.1 Å². The van der Waals surface area contributed by atoms with Gasteiger partial charge < -0.3 is 4.90 Å². The number of amides is 1. The van der Waals surface area contributed by atoms with Crippen molar-refractivity contribution in [2.24, 2.45) is 0 Å². The van der Waals surface area contributed by atoms with Gasteiger partial charge in [0.05, 0.1) is 5.56 Å². The molecule has 5 aromatic carbocycles. The normalized spacial score (nSPS) is 11.4. The van der Waals surface area contributed by atoms with Gasteiger partial charge in [-0.25, -0.2) is 0 Å². The van der Waals surface area contributed by atoms with Gasteiger partial charge in [0.15, 0.2) is 0 Å². The summed E-state index contributed by atoms with van der Waals surface area (Å²) in [6, 6.07) is 35.9. The number of carbonyl (C=O) groups excluding carboxylic acids is 1. The Kier molecular flexibility index (Phi) is 6.78. The number of benzene rings is 5. The van der Waals surface area contributed by atoms with Crippen molar-refractivity contribution in [1.29, 1.82) is 0 Å². The van der Waals surface area contributed by atoms with E-state index < -0.39 is 11.7 Å². The summed E-state index contributed by atoms with van der Waals surface area (Å²) in [5, 5.41) is 2.17. The van der Waals surface area contributed by atoms with Crippen LogP contribution in [0, 0.1) is 0 Å². The van der Waals surface area contributed by atoms with Crippen LogP contribution in [0.5, 0.6) is 0 Å². The highest BCUT2D eigenvalue weighted by Crippen LogP contribution is 2.32.